The van der Waals surface area contributed by atoms with E-state index in [9.17, 15) is 22.0 Å². The molecule has 1 fully saturated rings. The van der Waals surface area contributed by atoms with Crippen molar-refractivity contribution >= 4 is 21.6 Å². The number of anilines is 1. The molecule has 0 bridgehead atoms. The molecule has 29 heavy (non-hydrogen) atoms. The summed E-state index contributed by atoms with van der Waals surface area (Å²) in [6.45, 7) is 2.97. The Morgan fingerprint density at radius 3 is 2.45 bits per heavy atom. The van der Waals surface area contributed by atoms with E-state index in [1.807, 2.05) is 20.8 Å². The largest absolute Gasteiger partial charge is 0.435 e. The van der Waals surface area contributed by atoms with Crippen LogP contribution in [0.2, 0.25) is 0 Å². The third kappa shape index (κ3) is 5.11. The average molecular weight is 427 g/mol. The van der Waals surface area contributed by atoms with Crippen molar-refractivity contribution in [3.63, 3.8) is 0 Å². The lowest BCUT2D eigenvalue weighted by atomic mass is 9.92. The minimum Gasteiger partial charge on any atom is -0.435 e. The van der Waals surface area contributed by atoms with E-state index in [1.165, 1.54) is 24.3 Å². The molecule has 0 radical (unpaired) electrons. The van der Waals surface area contributed by atoms with E-state index >= 15 is 0 Å². The van der Waals surface area contributed by atoms with Gasteiger partial charge in [-0.25, -0.2) is 13.1 Å². The number of hydrogen-bond acceptors (Lipinski definition) is 5. The second kappa shape index (κ2) is 7.74. The highest BCUT2D eigenvalue weighted by atomic mass is 32.2. The molecule has 2 heterocycles. The Morgan fingerprint density at radius 2 is 1.93 bits per heavy atom. The lowest BCUT2D eigenvalue weighted by Gasteiger charge is -2.15. The van der Waals surface area contributed by atoms with Gasteiger partial charge in [0.15, 0.2) is 9.84 Å². The molecule has 7 nitrogen and oxygen atoms in total. The predicted octanol–water partition coefficient (Wildman–Crippen LogP) is 3.39. The van der Waals surface area contributed by atoms with Gasteiger partial charge in [0, 0.05) is 17.0 Å². The van der Waals surface area contributed by atoms with Gasteiger partial charge in [-0.15, -0.1) is 0 Å². The third-order valence-corrected chi connectivity index (χ3v) is 6.39. The molecule has 1 aromatic carbocycles. The molecule has 1 aliphatic heterocycles. The maximum atomic E-state index is 12.6. The lowest BCUT2D eigenvalue weighted by Crippen LogP contribution is -2.20. The molecule has 0 spiro atoms. The fourth-order valence-electron chi connectivity index (χ4n) is 3.08. The maximum Gasteiger partial charge on any atom is 0.387 e. The molecule has 2 aromatic rings. The molecule has 1 aliphatic rings. The molecule has 0 unspecified atom stereocenters. The summed E-state index contributed by atoms with van der Waals surface area (Å²) in [5.74, 6) is -0.0546. The molecule has 3 rings (SSSR count). The first kappa shape index (κ1) is 21.2. The number of carbonyl (C=O) groups excluding carboxylic acids is 1. The van der Waals surface area contributed by atoms with Gasteiger partial charge in [0.25, 0.3) is 5.91 Å². The molecule has 1 saturated heterocycles. The molecule has 1 N–H and O–H groups in total. The van der Waals surface area contributed by atoms with Crippen molar-refractivity contribution in [3.8, 4) is 5.75 Å². The number of nitrogens with zero attached hydrogens (tertiary/aromatic N) is 2. The van der Waals surface area contributed by atoms with Crippen LogP contribution in [-0.2, 0) is 15.3 Å². The van der Waals surface area contributed by atoms with E-state index < -0.39 is 22.4 Å². The third-order valence-electron chi connectivity index (χ3n) is 4.64. The Labute approximate surface area is 168 Å². The Bertz CT molecular complexity index is 995. The Balaban J connectivity index is 1.85. The monoisotopic (exact) mass is 427 g/mol. The van der Waals surface area contributed by atoms with E-state index in [-0.39, 0.29) is 34.3 Å². The van der Waals surface area contributed by atoms with Gasteiger partial charge >= 0.3 is 6.61 Å². The number of rotatable bonds is 5. The summed E-state index contributed by atoms with van der Waals surface area (Å²) in [6, 6.07) is 6.69. The molecule has 10 heteroatoms. The average Bonchev–Trinajstić information content (AvgIpc) is 3.17. The summed E-state index contributed by atoms with van der Waals surface area (Å²) in [6.07, 6.45) is 0.427. The van der Waals surface area contributed by atoms with E-state index in [2.05, 4.69) is 15.2 Å². The highest BCUT2D eigenvalue weighted by Crippen LogP contribution is 2.31. The fourth-order valence-corrected chi connectivity index (χ4v) is 4.77. The van der Waals surface area contributed by atoms with Gasteiger partial charge in [-0.3, -0.25) is 4.79 Å². The number of hydrogen-bond donors (Lipinski definition) is 1. The van der Waals surface area contributed by atoms with Crippen molar-refractivity contribution in [1.82, 2.24) is 9.78 Å². The topological polar surface area (TPSA) is 90.3 Å². The van der Waals surface area contributed by atoms with Crippen molar-refractivity contribution in [2.75, 3.05) is 16.8 Å². The van der Waals surface area contributed by atoms with Crippen LogP contribution in [0, 0.1) is 0 Å². The summed E-state index contributed by atoms with van der Waals surface area (Å²) in [4.78, 5) is 12.6. The smallest absolute Gasteiger partial charge is 0.387 e. The highest BCUT2D eigenvalue weighted by Gasteiger charge is 2.33. The van der Waals surface area contributed by atoms with Crippen LogP contribution < -0.4 is 10.1 Å². The normalized spacial score (nSPS) is 18.8. The summed E-state index contributed by atoms with van der Waals surface area (Å²) in [5.41, 5.74) is 0.671. The summed E-state index contributed by atoms with van der Waals surface area (Å²) in [7, 11) is -3.13. The minimum atomic E-state index is -3.13. The highest BCUT2D eigenvalue weighted by molar-refractivity contribution is 7.91. The number of nitrogens with one attached hydrogen (secondary N) is 1. The van der Waals surface area contributed by atoms with Crippen LogP contribution in [0.15, 0.2) is 30.3 Å². The lowest BCUT2D eigenvalue weighted by molar-refractivity contribution is -0.0498. The number of alkyl halides is 2. The molecule has 1 aromatic heterocycles. The van der Waals surface area contributed by atoms with E-state index in [4.69, 9.17) is 0 Å². The SMILES string of the molecule is CC(C)(C)c1cc(NC(=O)c2ccc(OC(F)F)cc2)n([C@@H]2CCS(=O)(=O)C2)n1. The van der Waals surface area contributed by atoms with Crippen molar-refractivity contribution in [2.45, 2.75) is 45.3 Å². The van der Waals surface area contributed by atoms with Gasteiger partial charge in [-0.2, -0.15) is 13.9 Å². The van der Waals surface area contributed by atoms with Gasteiger partial charge in [0.2, 0.25) is 0 Å². The van der Waals surface area contributed by atoms with Crippen LogP contribution in [0.5, 0.6) is 5.75 Å². The first-order valence-corrected chi connectivity index (χ1v) is 10.9. The first-order valence-electron chi connectivity index (χ1n) is 9.11. The zero-order chi connectivity index (χ0) is 21.4. The Morgan fingerprint density at radius 1 is 1.28 bits per heavy atom. The van der Waals surface area contributed by atoms with E-state index in [1.54, 1.807) is 10.7 Å². The van der Waals surface area contributed by atoms with Crippen LogP contribution in [0.1, 0.15) is 49.3 Å². The number of aromatic nitrogens is 2. The molecular formula is C19H23F2N3O4S. The van der Waals surface area contributed by atoms with Crippen molar-refractivity contribution < 1.29 is 26.7 Å². The van der Waals surface area contributed by atoms with Crippen LogP contribution >= 0.6 is 0 Å². The zero-order valence-electron chi connectivity index (χ0n) is 16.4. The Hall–Kier alpha value is -2.49. The standard InChI is InChI=1S/C19H23F2N3O4S/c1-19(2,3)15-10-16(24(23-15)13-8-9-29(26,27)11-13)22-17(25)12-4-6-14(7-5-12)28-18(20)21/h4-7,10,13,18H,8-9,11H2,1-3H3,(H,22,25)/t13-/m1/s1. The van der Waals surface area contributed by atoms with E-state index in [0.717, 1.165) is 5.69 Å². The van der Waals surface area contributed by atoms with Gasteiger partial charge in [-0.05, 0) is 30.7 Å². The van der Waals surface area contributed by atoms with Crippen molar-refractivity contribution in [1.29, 1.82) is 0 Å². The second-order valence-corrected chi connectivity index (χ2v) is 10.3. The van der Waals surface area contributed by atoms with Crippen molar-refractivity contribution in [2.24, 2.45) is 0 Å². The second-order valence-electron chi connectivity index (χ2n) is 8.02. The number of amides is 1. The zero-order valence-corrected chi connectivity index (χ0v) is 17.2. The number of sulfone groups is 1. The van der Waals surface area contributed by atoms with Gasteiger partial charge in [-0.1, -0.05) is 20.8 Å². The van der Waals surface area contributed by atoms with Gasteiger partial charge in [0.1, 0.15) is 11.6 Å². The summed E-state index contributed by atoms with van der Waals surface area (Å²) < 4.78 is 54.1. The number of halogens is 2. The number of benzene rings is 1. The van der Waals surface area contributed by atoms with Gasteiger partial charge in [0.05, 0.1) is 23.2 Å². The molecule has 0 aliphatic carbocycles. The molecule has 158 valence electrons. The molecule has 1 amide bonds. The van der Waals surface area contributed by atoms with E-state index in [0.29, 0.717) is 12.2 Å². The van der Waals surface area contributed by atoms with Crippen LogP contribution in [0.3, 0.4) is 0 Å². The predicted molar refractivity (Wildman–Crippen MR) is 104 cm³/mol. The number of ether oxygens (including phenoxy) is 1. The Kier molecular flexibility index (Phi) is 5.66. The maximum absolute atomic E-state index is 12.6. The minimum absolute atomic E-state index is 0.0270. The first-order chi connectivity index (χ1) is 13.4. The van der Waals surface area contributed by atoms with Crippen LogP contribution in [0.25, 0.3) is 0 Å². The quantitative estimate of drug-likeness (QED) is 0.790. The molecular weight excluding hydrogens is 404 g/mol. The molecule has 0 saturated carbocycles. The molecule has 1 atom stereocenters. The van der Waals surface area contributed by atoms with Crippen LogP contribution in [0.4, 0.5) is 14.6 Å². The summed E-state index contributed by atoms with van der Waals surface area (Å²) >= 11 is 0. The fraction of sp³-hybridized carbons (Fsp3) is 0.474. The summed E-state index contributed by atoms with van der Waals surface area (Å²) in [5, 5.41) is 7.32. The number of carbonyl (C=O) groups is 1. The van der Waals surface area contributed by atoms with Gasteiger partial charge < -0.3 is 10.1 Å². The van der Waals surface area contributed by atoms with Crippen molar-refractivity contribution in [3.05, 3.63) is 41.6 Å². The van der Waals surface area contributed by atoms with Crippen LogP contribution in [-0.4, -0.2) is 42.2 Å².